The number of ether oxygens (including phenoxy) is 1. The second-order valence-electron chi connectivity index (χ2n) is 6.17. The van der Waals surface area contributed by atoms with Crippen LogP contribution in [0.4, 0.5) is 0 Å². The van der Waals surface area contributed by atoms with Crippen molar-refractivity contribution in [2.75, 3.05) is 39.3 Å². The second kappa shape index (κ2) is 8.93. The van der Waals surface area contributed by atoms with E-state index in [4.69, 9.17) is 4.74 Å². The molecule has 6 heteroatoms. The van der Waals surface area contributed by atoms with E-state index in [0.29, 0.717) is 12.6 Å². The predicted octanol–water partition coefficient (Wildman–Crippen LogP) is 1.12. The van der Waals surface area contributed by atoms with Crippen LogP contribution >= 0.6 is 12.4 Å². The predicted molar refractivity (Wildman–Crippen MR) is 87.0 cm³/mol. The van der Waals surface area contributed by atoms with Crippen LogP contribution < -0.4 is 5.32 Å². The van der Waals surface area contributed by atoms with E-state index in [1.807, 2.05) is 18.7 Å². The molecule has 0 aliphatic carbocycles. The van der Waals surface area contributed by atoms with Crippen LogP contribution in [0.2, 0.25) is 0 Å². The van der Waals surface area contributed by atoms with Crippen molar-refractivity contribution in [2.45, 2.75) is 51.9 Å². The fraction of sp³-hybridized carbons (Fsp3) is 0.933. The lowest BCUT2D eigenvalue weighted by molar-refractivity contribution is -0.144. The van der Waals surface area contributed by atoms with Gasteiger partial charge in [-0.3, -0.25) is 9.69 Å². The molecular formula is C15H30ClN3O2. The van der Waals surface area contributed by atoms with Crippen LogP contribution in [-0.2, 0) is 9.53 Å². The molecule has 2 fully saturated rings. The van der Waals surface area contributed by atoms with Gasteiger partial charge in [-0.25, -0.2) is 0 Å². The average molecular weight is 320 g/mol. The number of hydrogen-bond acceptors (Lipinski definition) is 4. The van der Waals surface area contributed by atoms with E-state index in [1.54, 1.807) is 0 Å². The van der Waals surface area contributed by atoms with Gasteiger partial charge < -0.3 is 15.0 Å². The molecule has 21 heavy (non-hydrogen) atoms. The summed E-state index contributed by atoms with van der Waals surface area (Å²) in [6, 6.07) is 0.523. The van der Waals surface area contributed by atoms with E-state index in [1.165, 1.54) is 0 Å². The third-order valence-corrected chi connectivity index (χ3v) is 4.17. The summed E-state index contributed by atoms with van der Waals surface area (Å²) in [5, 5.41) is 3.39. The van der Waals surface area contributed by atoms with Gasteiger partial charge in [-0.15, -0.1) is 12.4 Å². The lowest BCUT2D eigenvalue weighted by atomic mass is 10.2. The summed E-state index contributed by atoms with van der Waals surface area (Å²) in [6.45, 7) is 11.4. The zero-order valence-corrected chi connectivity index (χ0v) is 14.3. The highest BCUT2D eigenvalue weighted by Crippen LogP contribution is 2.13. The first-order valence-electron chi connectivity index (χ1n) is 7.98. The summed E-state index contributed by atoms with van der Waals surface area (Å²) >= 11 is 0. The molecule has 5 nitrogen and oxygen atoms in total. The molecule has 1 N–H and O–H groups in total. The van der Waals surface area contributed by atoms with Crippen molar-refractivity contribution in [1.29, 1.82) is 0 Å². The fourth-order valence-corrected chi connectivity index (χ4v) is 3.28. The number of carbonyl (C=O) groups is 1. The lowest BCUT2D eigenvalue weighted by Gasteiger charge is -2.37. The Balaban J connectivity index is 0.00000220. The molecule has 0 spiro atoms. The SMILES string of the molecule is CCCN(CC(=O)N1CC(C)OC(C)C1)C1CCNC1.Cl. The Hall–Kier alpha value is -0.360. The van der Waals surface area contributed by atoms with Crippen molar-refractivity contribution in [3.8, 4) is 0 Å². The number of amides is 1. The largest absolute Gasteiger partial charge is 0.372 e. The summed E-state index contributed by atoms with van der Waals surface area (Å²) in [5.41, 5.74) is 0. The minimum absolute atomic E-state index is 0. The number of rotatable bonds is 5. The molecule has 2 heterocycles. The first-order chi connectivity index (χ1) is 9.60. The van der Waals surface area contributed by atoms with E-state index in [2.05, 4.69) is 17.1 Å². The Kier molecular flexibility index (Phi) is 7.95. The van der Waals surface area contributed by atoms with Crippen LogP contribution in [0.15, 0.2) is 0 Å². The molecule has 1 amide bonds. The van der Waals surface area contributed by atoms with E-state index >= 15 is 0 Å². The highest BCUT2D eigenvalue weighted by molar-refractivity contribution is 5.85. The number of hydrogen-bond donors (Lipinski definition) is 1. The molecule has 0 saturated carbocycles. The summed E-state index contributed by atoms with van der Waals surface area (Å²) in [5.74, 6) is 0.257. The van der Waals surface area contributed by atoms with Crippen molar-refractivity contribution in [3.05, 3.63) is 0 Å². The molecule has 2 rings (SSSR count). The normalized spacial score (nSPS) is 29.5. The van der Waals surface area contributed by atoms with E-state index in [-0.39, 0.29) is 30.5 Å². The van der Waals surface area contributed by atoms with Gasteiger partial charge in [0.05, 0.1) is 18.8 Å². The van der Waals surface area contributed by atoms with Crippen molar-refractivity contribution >= 4 is 18.3 Å². The summed E-state index contributed by atoms with van der Waals surface area (Å²) < 4.78 is 5.70. The fourth-order valence-electron chi connectivity index (χ4n) is 3.28. The number of carbonyl (C=O) groups excluding carboxylic acids is 1. The average Bonchev–Trinajstić information content (AvgIpc) is 2.90. The molecule has 3 atom stereocenters. The topological polar surface area (TPSA) is 44.8 Å². The van der Waals surface area contributed by atoms with Gasteiger partial charge in [-0.05, 0) is 39.8 Å². The maximum Gasteiger partial charge on any atom is 0.236 e. The third kappa shape index (κ3) is 5.40. The Bertz CT molecular complexity index is 314. The van der Waals surface area contributed by atoms with Crippen LogP contribution in [0.5, 0.6) is 0 Å². The van der Waals surface area contributed by atoms with Crippen LogP contribution in [0.3, 0.4) is 0 Å². The molecule has 0 bridgehead atoms. The minimum atomic E-state index is 0. The number of nitrogens with zero attached hydrogens (tertiary/aromatic N) is 2. The maximum atomic E-state index is 12.5. The van der Waals surface area contributed by atoms with Crippen LogP contribution in [0.25, 0.3) is 0 Å². The molecule has 0 aromatic heterocycles. The third-order valence-electron chi connectivity index (χ3n) is 4.17. The van der Waals surface area contributed by atoms with Gasteiger partial charge in [0.25, 0.3) is 0 Å². The molecule has 0 aromatic carbocycles. The monoisotopic (exact) mass is 319 g/mol. The zero-order valence-electron chi connectivity index (χ0n) is 13.5. The first-order valence-corrected chi connectivity index (χ1v) is 7.98. The van der Waals surface area contributed by atoms with Crippen LogP contribution in [0, 0.1) is 0 Å². The Morgan fingerprint density at radius 2 is 2.00 bits per heavy atom. The quantitative estimate of drug-likeness (QED) is 0.825. The molecule has 3 unspecified atom stereocenters. The van der Waals surface area contributed by atoms with E-state index in [9.17, 15) is 4.79 Å². The van der Waals surface area contributed by atoms with Gasteiger partial charge in [0, 0.05) is 25.7 Å². The van der Waals surface area contributed by atoms with Crippen LogP contribution in [-0.4, -0.2) is 73.2 Å². The standard InChI is InChI=1S/C15H29N3O2.ClH/c1-4-7-17(14-5-6-16-8-14)11-15(19)18-9-12(2)20-13(3)10-18;/h12-14,16H,4-11H2,1-3H3;1H. The van der Waals surface area contributed by atoms with Gasteiger partial charge >= 0.3 is 0 Å². The molecule has 2 saturated heterocycles. The zero-order chi connectivity index (χ0) is 14.5. The lowest BCUT2D eigenvalue weighted by Crippen LogP contribution is -2.52. The van der Waals surface area contributed by atoms with Crippen molar-refractivity contribution < 1.29 is 9.53 Å². The minimum Gasteiger partial charge on any atom is -0.372 e. The highest BCUT2D eigenvalue weighted by Gasteiger charge is 2.29. The van der Waals surface area contributed by atoms with E-state index in [0.717, 1.165) is 45.6 Å². The summed E-state index contributed by atoms with van der Waals surface area (Å²) in [4.78, 5) is 16.9. The Morgan fingerprint density at radius 1 is 1.33 bits per heavy atom. The van der Waals surface area contributed by atoms with Gasteiger partial charge in [0.15, 0.2) is 0 Å². The van der Waals surface area contributed by atoms with Gasteiger partial charge in [0.1, 0.15) is 0 Å². The molecule has 0 radical (unpaired) electrons. The summed E-state index contributed by atoms with van der Waals surface area (Å²) in [6.07, 6.45) is 2.55. The Morgan fingerprint density at radius 3 is 2.52 bits per heavy atom. The van der Waals surface area contributed by atoms with Crippen molar-refractivity contribution in [2.24, 2.45) is 0 Å². The number of halogens is 1. The van der Waals surface area contributed by atoms with Gasteiger partial charge in [0.2, 0.25) is 5.91 Å². The number of morpholine rings is 1. The number of nitrogens with one attached hydrogen (secondary N) is 1. The van der Waals surface area contributed by atoms with Crippen LogP contribution in [0.1, 0.15) is 33.6 Å². The van der Waals surface area contributed by atoms with E-state index < -0.39 is 0 Å². The molecule has 2 aliphatic rings. The molecule has 2 aliphatic heterocycles. The van der Waals surface area contributed by atoms with Crippen molar-refractivity contribution in [3.63, 3.8) is 0 Å². The van der Waals surface area contributed by atoms with Crippen molar-refractivity contribution in [1.82, 2.24) is 15.1 Å². The molecule has 124 valence electrons. The smallest absolute Gasteiger partial charge is 0.236 e. The molecular weight excluding hydrogens is 290 g/mol. The van der Waals surface area contributed by atoms with Gasteiger partial charge in [-0.2, -0.15) is 0 Å². The second-order valence-corrected chi connectivity index (χ2v) is 6.17. The maximum absolute atomic E-state index is 12.5. The molecule has 0 aromatic rings. The van der Waals surface area contributed by atoms with Gasteiger partial charge in [-0.1, -0.05) is 6.92 Å². The Labute approximate surface area is 134 Å². The summed E-state index contributed by atoms with van der Waals surface area (Å²) in [7, 11) is 0. The first kappa shape index (κ1) is 18.7. The highest BCUT2D eigenvalue weighted by atomic mass is 35.5.